The maximum absolute atomic E-state index is 12.3. The Labute approximate surface area is 128 Å². The Morgan fingerprint density at radius 1 is 1.38 bits per heavy atom. The van der Waals surface area contributed by atoms with Crippen LogP contribution in [0.15, 0.2) is 23.6 Å². The maximum Gasteiger partial charge on any atom is 0.252 e. The number of rotatable bonds is 4. The van der Waals surface area contributed by atoms with Crippen LogP contribution in [-0.4, -0.2) is 31.9 Å². The Morgan fingerprint density at radius 3 is 2.71 bits per heavy atom. The zero-order chi connectivity index (χ0) is 15.3. The van der Waals surface area contributed by atoms with Crippen molar-refractivity contribution >= 4 is 37.2 Å². The molecular weight excluding hydrogens is 306 g/mol. The molecule has 1 aromatic heterocycles. The monoisotopic (exact) mass is 323 g/mol. The summed E-state index contributed by atoms with van der Waals surface area (Å²) in [6.07, 6.45) is 2.51. The summed E-state index contributed by atoms with van der Waals surface area (Å²) in [5.74, 6) is -0.194. The van der Waals surface area contributed by atoms with Gasteiger partial charge in [-0.2, -0.15) is 0 Å². The van der Waals surface area contributed by atoms with Gasteiger partial charge in [-0.05, 0) is 31.4 Å². The molecule has 1 fully saturated rings. The molecular formula is C15H17NO3S2. The SMILES string of the molecule is Cc1ccc2c(C(=O)NCC3(S(C)(=O)=O)CC3)csc2c1. The van der Waals surface area contributed by atoms with Gasteiger partial charge in [0, 0.05) is 28.3 Å². The number of nitrogens with one attached hydrogen (secondary N) is 1. The van der Waals surface area contributed by atoms with E-state index in [-0.39, 0.29) is 12.5 Å². The van der Waals surface area contributed by atoms with E-state index in [0.717, 1.165) is 15.6 Å². The van der Waals surface area contributed by atoms with Gasteiger partial charge in [-0.15, -0.1) is 11.3 Å². The highest BCUT2D eigenvalue weighted by atomic mass is 32.2. The number of amides is 1. The molecule has 0 aliphatic heterocycles. The van der Waals surface area contributed by atoms with Gasteiger partial charge in [0.15, 0.2) is 9.84 Å². The van der Waals surface area contributed by atoms with Crippen LogP contribution >= 0.6 is 11.3 Å². The van der Waals surface area contributed by atoms with Gasteiger partial charge < -0.3 is 5.32 Å². The van der Waals surface area contributed by atoms with E-state index < -0.39 is 14.6 Å². The highest BCUT2D eigenvalue weighted by Gasteiger charge is 2.52. The molecule has 0 atom stereocenters. The maximum atomic E-state index is 12.3. The minimum Gasteiger partial charge on any atom is -0.350 e. The summed E-state index contributed by atoms with van der Waals surface area (Å²) >= 11 is 1.53. The first kappa shape index (κ1) is 14.5. The lowest BCUT2D eigenvalue weighted by molar-refractivity contribution is 0.0955. The average molecular weight is 323 g/mol. The lowest BCUT2D eigenvalue weighted by Gasteiger charge is -2.13. The molecule has 1 heterocycles. The molecule has 0 saturated heterocycles. The van der Waals surface area contributed by atoms with E-state index in [0.29, 0.717) is 18.4 Å². The smallest absolute Gasteiger partial charge is 0.252 e. The van der Waals surface area contributed by atoms with E-state index in [1.807, 2.05) is 24.4 Å². The Kier molecular flexibility index (Phi) is 3.33. The fourth-order valence-corrected chi connectivity index (χ4v) is 4.68. The molecule has 1 saturated carbocycles. The Morgan fingerprint density at radius 2 is 2.10 bits per heavy atom. The molecule has 4 nitrogen and oxygen atoms in total. The van der Waals surface area contributed by atoms with E-state index in [1.165, 1.54) is 17.6 Å². The number of benzene rings is 1. The molecule has 0 bridgehead atoms. The van der Waals surface area contributed by atoms with Crippen molar-refractivity contribution < 1.29 is 13.2 Å². The van der Waals surface area contributed by atoms with E-state index in [4.69, 9.17) is 0 Å². The number of carbonyl (C=O) groups excluding carboxylic acids is 1. The molecule has 1 aliphatic rings. The molecule has 2 aromatic rings. The number of sulfone groups is 1. The minimum atomic E-state index is -3.12. The van der Waals surface area contributed by atoms with Gasteiger partial charge in [-0.1, -0.05) is 12.1 Å². The normalized spacial score (nSPS) is 16.9. The Hall–Kier alpha value is -1.40. The van der Waals surface area contributed by atoms with Crippen molar-refractivity contribution in [2.45, 2.75) is 24.5 Å². The van der Waals surface area contributed by atoms with Crippen LogP contribution in [0.3, 0.4) is 0 Å². The molecule has 21 heavy (non-hydrogen) atoms. The van der Waals surface area contributed by atoms with Gasteiger partial charge in [0.05, 0.1) is 10.3 Å². The Balaban J connectivity index is 1.79. The summed E-state index contributed by atoms with van der Waals surface area (Å²) < 4.78 is 23.8. The van der Waals surface area contributed by atoms with Gasteiger partial charge in [0.1, 0.15) is 0 Å². The second kappa shape index (κ2) is 4.81. The fourth-order valence-electron chi connectivity index (χ4n) is 2.47. The summed E-state index contributed by atoms with van der Waals surface area (Å²) in [6, 6.07) is 5.97. The summed E-state index contributed by atoms with van der Waals surface area (Å²) in [6.45, 7) is 2.22. The molecule has 1 amide bonds. The second-order valence-corrected chi connectivity index (χ2v) is 9.11. The number of hydrogen-bond donors (Lipinski definition) is 1. The minimum absolute atomic E-state index is 0.194. The first-order chi connectivity index (χ1) is 9.82. The predicted octanol–water partition coefficient (Wildman–Crippen LogP) is 2.52. The van der Waals surface area contributed by atoms with Crippen LogP contribution < -0.4 is 5.32 Å². The van der Waals surface area contributed by atoms with Crippen molar-refractivity contribution in [3.05, 3.63) is 34.7 Å². The van der Waals surface area contributed by atoms with Crippen LogP contribution in [0.2, 0.25) is 0 Å². The van der Waals surface area contributed by atoms with E-state index in [9.17, 15) is 13.2 Å². The number of fused-ring (bicyclic) bond motifs is 1. The van der Waals surface area contributed by atoms with Crippen molar-refractivity contribution in [1.29, 1.82) is 0 Å². The summed E-state index contributed by atoms with van der Waals surface area (Å²) in [5.41, 5.74) is 1.78. The van der Waals surface area contributed by atoms with Crippen molar-refractivity contribution in [2.24, 2.45) is 0 Å². The topological polar surface area (TPSA) is 63.2 Å². The predicted molar refractivity (Wildman–Crippen MR) is 85.7 cm³/mol. The number of hydrogen-bond acceptors (Lipinski definition) is 4. The second-order valence-electron chi connectivity index (χ2n) is 5.79. The van der Waals surface area contributed by atoms with Gasteiger partial charge in [-0.25, -0.2) is 8.42 Å². The molecule has 0 radical (unpaired) electrons. The number of aryl methyl sites for hydroxylation is 1. The summed E-state index contributed by atoms with van der Waals surface area (Å²) in [4.78, 5) is 12.3. The molecule has 1 aliphatic carbocycles. The third-order valence-corrected chi connectivity index (χ3v) is 7.21. The lowest BCUT2D eigenvalue weighted by atomic mass is 10.1. The van der Waals surface area contributed by atoms with Crippen LogP contribution in [0, 0.1) is 6.92 Å². The van der Waals surface area contributed by atoms with Gasteiger partial charge in [0.2, 0.25) is 0 Å². The number of thiophene rings is 1. The largest absolute Gasteiger partial charge is 0.350 e. The van der Waals surface area contributed by atoms with Gasteiger partial charge >= 0.3 is 0 Å². The lowest BCUT2D eigenvalue weighted by Crippen LogP contribution is -2.38. The van der Waals surface area contributed by atoms with Crippen LogP contribution in [0.1, 0.15) is 28.8 Å². The van der Waals surface area contributed by atoms with Gasteiger partial charge in [0.25, 0.3) is 5.91 Å². The van der Waals surface area contributed by atoms with Crippen LogP contribution in [0.25, 0.3) is 10.1 Å². The van der Waals surface area contributed by atoms with Crippen LogP contribution in [0.5, 0.6) is 0 Å². The summed E-state index contributed by atoms with van der Waals surface area (Å²) in [5, 5.41) is 5.55. The Bertz CT molecular complexity index is 817. The van der Waals surface area contributed by atoms with Crippen molar-refractivity contribution in [3.63, 3.8) is 0 Å². The molecule has 1 aromatic carbocycles. The number of carbonyl (C=O) groups is 1. The van der Waals surface area contributed by atoms with E-state index in [1.54, 1.807) is 0 Å². The highest BCUT2D eigenvalue weighted by Crippen LogP contribution is 2.42. The molecule has 1 N–H and O–H groups in total. The quantitative estimate of drug-likeness (QED) is 0.940. The van der Waals surface area contributed by atoms with Crippen molar-refractivity contribution in [2.75, 3.05) is 12.8 Å². The molecule has 112 valence electrons. The third kappa shape index (κ3) is 2.58. The van der Waals surface area contributed by atoms with Crippen LogP contribution in [0.4, 0.5) is 0 Å². The van der Waals surface area contributed by atoms with E-state index >= 15 is 0 Å². The summed E-state index contributed by atoms with van der Waals surface area (Å²) in [7, 11) is -3.12. The van der Waals surface area contributed by atoms with Crippen LogP contribution in [-0.2, 0) is 9.84 Å². The molecule has 6 heteroatoms. The van der Waals surface area contributed by atoms with Crippen molar-refractivity contribution in [3.8, 4) is 0 Å². The first-order valence-electron chi connectivity index (χ1n) is 6.78. The van der Waals surface area contributed by atoms with Gasteiger partial charge in [-0.3, -0.25) is 4.79 Å². The zero-order valence-electron chi connectivity index (χ0n) is 12.0. The first-order valence-corrected chi connectivity index (χ1v) is 9.55. The molecule has 0 unspecified atom stereocenters. The molecule has 3 rings (SSSR count). The van der Waals surface area contributed by atoms with Crippen molar-refractivity contribution in [1.82, 2.24) is 5.32 Å². The standard InChI is InChI=1S/C15H17NO3S2/c1-10-3-4-11-12(8-20-13(11)7-10)14(17)16-9-15(5-6-15)21(2,18)19/h3-4,7-8H,5-6,9H2,1-2H3,(H,16,17). The highest BCUT2D eigenvalue weighted by molar-refractivity contribution is 7.92. The zero-order valence-corrected chi connectivity index (χ0v) is 13.6. The molecule has 0 spiro atoms. The third-order valence-electron chi connectivity index (χ3n) is 4.14. The average Bonchev–Trinajstić information content (AvgIpc) is 3.10. The van der Waals surface area contributed by atoms with E-state index in [2.05, 4.69) is 11.4 Å². The fraction of sp³-hybridized carbons (Fsp3) is 0.400.